The van der Waals surface area contributed by atoms with Crippen LogP contribution in [-0.4, -0.2) is 11.3 Å². The summed E-state index contributed by atoms with van der Waals surface area (Å²) >= 11 is 5.58. The van der Waals surface area contributed by atoms with Gasteiger partial charge in [-0.05, 0) is 0 Å². The first-order valence-corrected chi connectivity index (χ1v) is 4.11. The first-order valence-electron chi connectivity index (χ1n) is 3.74. The minimum absolute atomic E-state index is 0.0223. The van der Waals surface area contributed by atoms with Crippen molar-refractivity contribution < 1.29 is 17.9 Å². The summed E-state index contributed by atoms with van der Waals surface area (Å²) in [5, 5.41) is -0.0223. The molecule has 0 saturated heterocycles. The SMILES string of the molecule is NCc1c(Cl)cnc(N)c1OC(F)(F)F. The molecule has 0 aliphatic rings. The van der Waals surface area contributed by atoms with Crippen LogP contribution in [0.1, 0.15) is 5.56 Å². The normalized spacial score (nSPS) is 11.5. The molecule has 8 heteroatoms. The van der Waals surface area contributed by atoms with E-state index >= 15 is 0 Å². The first-order chi connectivity index (χ1) is 6.85. The molecule has 1 rings (SSSR count). The Morgan fingerprint density at radius 2 is 2.07 bits per heavy atom. The molecule has 15 heavy (non-hydrogen) atoms. The van der Waals surface area contributed by atoms with Gasteiger partial charge in [-0.3, -0.25) is 0 Å². The smallest absolute Gasteiger partial charge is 0.401 e. The summed E-state index contributed by atoms with van der Waals surface area (Å²) in [4.78, 5) is 3.44. The molecule has 0 aliphatic heterocycles. The molecular weight excluding hydrogens is 235 g/mol. The summed E-state index contributed by atoms with van der Waals surface area (Å²) in [5.41, 5.74) is 10.4. The highest BCUT2D eigenvalue weighted by atomic mass is 35.5. The van der Waals surface area contributed by atoms with Gasteiger partial charge < -0.3 is 16.2 Å². The Kier molecular flexibility index (Phi) is 3.25. The quantitative estimate of drug-likeness (QED) is 0.826. The maximum Gasteiger partial charge on any atom is 0.573 e. The summed E-state index contributed by atoms with van der Waals surface area (Å²) in [5.74, 6) is -1.05. The fourth-order valence-corrected chi connectivity index (χ4v) is 1.16. The van der Waals surface area contributed by atoms with Crippen LogP contribution < -0.4 is 16.2 Å². The molecule has 1 heterocycles. The summed E-state index contributed by atoms with van der Waals surface area (Å²) in [6.45, 7) is -0.225. The number of hydrogen-bond donors (Lipinski definition) is 2. The third kappa shape index (κ3) is 2.87. The summed E-state index contributed by atoms with van der Waals surface area (Å²) in [7, 11) is 0. The number of ether oxygens (including phenoxy) is 1. The zero-order valence-corrected chi connectivity index (χ0v) is 8.06. The molecule has 0 bridgehead atoms. The van der Waals surface area contributed by atoms with Crippen molar-refractivity contribution in [2.24, 2.45) is 5.73 Å². The molecular formula is C7H7ClF3N3O. The van der Waals surface area contributed by atoms with Gasteiger partial charge in [0.1, 0.15) is 0 Å². The van der Waals surface area contributed by atoms with E-state index in [0.717, 1.165) is 6.20 Å². The van der Waals surface area contributed by atoms with Gasteiger partial charge in [0.25, 0.3) is 0 Å². The van der Waals surface area contributed by atoms with Crippen LogP contribution in [0.4, 0.5) is 19.0 Å². The number of anilines is 1. The number of nitrogens with zero attached hydrogens (tertiary/aromatic N) is 1. The fraction of sp³-hybridized carbons (Fsp3) is 0.286. The summed E-state index contributed by atoms with van der Waals surface area (Å²) < 4.78 is 39.6. The van der Waals surface area contributed by atoms with Crippen molar-refractivity contribution in [2.45, 2.75) is 12.9 Å². The fourth-order valence-electron chi connectivity index (χ4n) is 0.946. The van der Waals surface area contributed by atoms with E-state index in [-0.39, 0.29) is 17.1 Å². The molecule has 0 atom stereocenters. The van der Waals surface area contributed by atoms with Crippen molar-refractivity contribution in [3.8, 4) is 5.75 Å². The van der Waals surface area contributed by atoms with Crippen molar-refractivity contribution in [1.82, 2.24) is 4.98 Å². The van der Waals surface area contributed by atoms with Gasteiger partial charge in [-0.2, -0.15) is 0 Å². The van der Waals surface area contributed by atoms with E-state index < -0.39 is 17.9 Å². The van der Waals surface area contributed by atoms with Gasteiger partial charge in [0.15, 0.2) is 11.6 Å². The third-order valence-electron chi connectivity index (χ3n) is 1.53. The Balaban J connectivity index is 3.20. The third-order valence-corrected chi connectivity index (χ3v) is 1.86. The van der Waals surface area contributed by atoms with Crippen LogP contribution in [0.2, 0.25) is 5.02 Å². The highest BCUT2D eigenvalue weighted by Crippen LogP contribution is 2.34. The van der Waals surface area contributed by atoms with Crippen molar-refractivity contribution in [3.05, 3.63) is 16.8 Å². The number of nitrogens with two attached hydrogens (primary N) is 2. The average Bonchev–Trinajstić information content (AvgIpc) is 2.10. The molecule has 0 amide bonds. The van der Waals surface area contributed by atoms with Crippen molar-refractivity contribution in [3.63, 3.8) is 0 Å². The molecule has 0 saturated carbocycles. The molecule has 0 aromatic carbocycles. The Labute approximate surface area is 88.0 Å². The highest BCUT2D eigenvalue weighted by molar-refractivity contribution is 6.31. The van der Waals surface area contributed by atoms with Gasteiger partial charge in [0, 0.05) is 18.3 Å². The van der Waals surface area contributed by atoms with Gasteiger partial charge in [0.2, 0.25) is 0 Å². The molecule has 0 unspecified atom stereocenters. The van der Waals surface area contributed by atoms with Gasteiger partial charge in [0.05, 0.1) is 5.02 Å². The van der Waals surface area contributed by atoms with Crippen LogP contribution >= 0.6 is 11.6 Å². The highest BCUT2D eigenvalue weighted by Gasteiger charge is 2.33. The van der Waals surface area contributed by atoms with Crippen LogP contribution in [0, 0.1) is 0 Å². The largest absolute Gasteiger partial charge is 0.573 e. The molecule has 1 aromatic rings. The first kappa shape index (κ1) is 11.9. The minimum Gasteiger partial charge on any atom is -0.401 e. The molecule has 4 N–H and O–H groups in total. The predicted octanol–water partition coefficient (Wildman–Crippen LogP) is 1.67. The number of aromatic nitrogens is 1. The lowest BCUT2D eigenvalue weighted by Gasteiger charge is -2.14. The van der Waals surface area contributed by atoms with Gasteiger partial charge >= 0.3 is 6.36 Å². The van der Waals surface area contributed by atoms with Gasteiger partial charge in [-0.1, -0.05) is 11.6 Å². The number of rotatable bonds is 2. The molecule has 0 aliphatic carbocycles. The second kappa shape index (κ2) is 4.11. The van der Waals surface area contributed by atoms with E-state index in [4.69, 9.17) is 23.1 Å². The molecule has 84 valence electrons. The predicted molar refractivity (Wildman–Crippen MR) is 48.2 cm³/mol. The van der Waals surface area contributed by atoms with Crippen LogP contribution in [0.15, 0.2) is 6.20 Å². The number of nitrogen functional groups attached to an aromatic ring is 1. The second-order valence-corrected chi connectivity index (χ2v) is 2.96. The number of pyridine rings is 1. The monoisotopic (exact) mass is 241 g/mol. The standard InChI is InChI=1S/C7H7ClF3N3O/c8-4-2-14-6(13)5(3(4)1-12)15-7(9,10)11/h2H,1,12H2,(H2,13,14). The van der Waals surface area contributed by atoms with E-state index in [1.165, 1.54) is 0 Å². The minimum atomic E-state index is -4.86. The van der Waals surface area contributed by atoms with E-state index in [2.05, 4.69) is 9.72 Å². The molecule has 4 nitrogen and oxygen atoms in total. The maximum atomic E-state index is 12.0. The lowest BCUT2D eigenvalue weighted by atomic mass is 10.2. The van der Waals surface area contributed by atoms with Crippen LogP contribution in [0.25, 0.3) is 0 Å². The Hall–Kier alpha value is -1.21. The second-order valence-electron chi connectivity index (χ2n) is 2.55. The van der Waals surface area contributed by atoms with E-state index in [1.54, 1.807) is 0 Å². The zero-order chi connectivity index (χ0) is 11.6. The topological polar surface area (TPSA) is 74.2 Å². The van der Waals surface area contributed by atoms with Crippen LogP contribution in [-0.2, 0) is 6.54 Å². The van der Waals surface area contributed by atoms with Gasteiger partial charge in [-0.15, -0.1) is 13.2 Å². The number of alkyl halides is 3. The zero-order valence-electron chi connectivity index (χ0n) is 7.31. The van der Waals surface area contributed by atoms with Crippen molar-refractivity contribution in [2.75, 3.05) is 5.73 Å². The van der Waals surface area contributed by atoms with Gasteiger partial charge in [-0.25, -0.2) is 4.98 Å². The lowest BCUT2D eigenvalue weighted by molar-refractivity contribution is -0.274. The summed E-state index contributed by atoms with van der Waals surface area (Å²) in [6.07, 6.45) is -3.74. The lowest BCUT2D eigenvalue weighted by Crippen LogP contribution is -2.20. The Morgan fingerprint density at radius 1 is 1.47 bits per heavy atom. The van der Waals surface area contributed by atoms with Crippen LogP contribution in [0.5, 0.6) is 5.75 Å². The van der Waals surface area contributed by atoms with E-state index in [0.29, 0.717) is 0 Å². The molecule has 0 spiro atoms. The average molecular weight is 242 g/mol. The molecule has 0 radical (unpaired) electrons. The maximum absolute atomic E-state index is 12.0. The van der Waals surface area contributed by atoms with E-state index in [9.17, 15) is 13.2 Å². The van der Waals surface area contributed by atoms with Crippen molar-refractivity contribution >= 4 is 17.4 Å². The molecule has 1 aromatic heterocycles. The summed E-state index contributed by atoms with van der Waals surface area (Å²) in [6, 6.07) is 0. The molecule has 0 fully saturated rings. The Bertz CT molecular complexity index is 369. The Morgan fingerprint density at radius 3 is 2.53 bits per heavy atom. The van der Waals surface area contributed by atoms with Crippen molar-refractivity contribution in [1.29, 1.82) is 0 Å². The number of hydrogen-bond acceptors (Lipinski definition) is 4. The van der Waals surface area contributed by atoms with Crippen LogP contribution in [0.3, 0.4) is 0 Å². The number of halogens is 4. The van der Waals surface area contributed by atoms with E-state index in [1.807, 2.05) is 0 Å².